The molecule has 1 aliphatic heterocycles. The normalized spacial score (nSPS) is 15.5. The first-order chi connectivity index (χ1) is 14.4. The van der Waals surface area contributed by atoms with E-state index >= 15 is 0 Å². The summed E-state index contributed by atoms with van der Waals surface area (Å²) in [5.41, 5.74) is 2.61. The summed E-state index contributed by atoms with van der Waals surface area (Å²) < 4.78 is 16.9. The molecule has 0 saturated carbocycles. The van der Waals surface area contributed by atoms with Gasteiger partial charge in [0.2, 0.25) is 5.88 Å². The number of allylic oxidation sites excluding steroid dienone is 2. The highest BCUT2D eigenvalue weighted by Gasteiger charge is 2.36. The molecule has 2 aromatic heterocycles. The second-order valence-electron chi connectivity index (χ2n) is 6.87. The van der Waals surface area contributed by atoms with Crippen LogP contribution in [0.3, 0.4) is 0 Å². The molecule has 154 valence electrons. The summed E-state index contributed by atoms with van der Waals surface area (Å²) in [6, 6.07) is 8.39. The number of anilines is 1. The molecule has 8 nitrogen and oxygen atoms in total. The number of benzene rings is 1. The number of carboxylic acid groups (broad SMARTS) is 1. The zero-order valence-electron chi connectivity index (χ0n) is 16.7. The number of aryl methyl sites for hydroxylation is 1. The van der Waals surface area contributed by atoms with Crippen molar-refractivity contribution in [2.45, 2.75) is 26.7 Å². The van der Waals surface area contributed by atoms with E-state index in [9.17, 15) is 14.7 Å². The van der Waals surface area contributed by atoms with Gasteiger partial charge in [-0.25, -0.2) is 9.78 Å². The highest BCUT2D eigenvalue weighted by molar-refractivity contribution is 5.83. The lowest BCUT2D eigenvalue weighted by Crippen LogP contribution is -2.23. The maximum absolute atomic E-state index is 12.5. The van der Waals surface area contributed by atoms with Gasteiger partial charge >= 0.3 is 6.16 Å². The number of aromatic nitrogens is 1. The molecule has 0 radical (unpaired) electrons. The van der Waals surface area contributed by atoms with Crippen molar-refractivity contribution < 1.29 is 23.8 Å². The van der Waals surface area contributed by atoms with E-state index in [4.69, 9.17) is 13.9 Å². The molecular formula is C22H20N2O6. The summed E-state index contributed by atoms with van der Waals surface area (Å²) in [6.07, 6.45) is 0.164. The van der Waals surface area contributed by atoms with Crippen LogP contribution in [0.25, 0.3) is 11.0 Å². The highest BCUT2D eigenvalue weighted by atomic mass is 16.7. The van der Waals surface area contributed by atoms with Crippen LogP contribution in [0.1, 0.15) is 36.7 Å². The fraction of sp³-hybridized carbons (Fsp3) is 0.227. The Hall–Kier alpha value is -3.81. The second-order valence-corrected chi connectivity index (χ2v) is 6.87. The number of ether oxygens (including phenoxy) is 2. The molecule has 3 aromatic rings. The van der Waals surface area contributed by atoms with Crippen molar-refractivity contribution in [1.82, 2.24) is 4.98 Å². The Morgan fingerprint density at radius 1 is 1.30 bits per heavy atom. The average molecular weight is 408 g/mol. The maximum atomic E-state index is 12.5. The Morgan fingerprint density at radius 3 is 2.83 bits per heavy atom. The molecule has 3 heterocycles. The van der Waals surface area contributed by atoms with Gasteiger partial charge < -0.3 is 24.3 Å². The largest absolute Gasteiger partial charge is 0.511 e. The summed E-state index contributed by atoms with van der Waals surface area (Å²) in [7, 11) is 0. The summed E-state index contributed by atoms with van der Waals surface area (Å²) in [4.78, 5) is 28.3. The fourth-order valence-corrected chi connectivity index (χ4v) is 3.77. The predicted molar refractivity (Wildman–Crippen MR) is 110 cm³/mol. The van der Waals surface area contributed by atoms with Gasteiger partial charge in [-0.2, -0.15) is 0 Å². The first-order valence-corrected chi connectivity index (χ1v) is 9.44. The van der Waals surface area contributed by atoms with Crippen molar-refractivity contribution in [3.63, 3.8) is 0 Å². The topological polar surface area (TPSA) is 111 Å². The molecule has 0 saturated heterocycles. The van der Waals surface area contributed by atoms with Crippen molar-refractivity contribution in [2.75, 3.05) is 11.9 Å². The number of rotatable bonds is 4. The van der Waals surface area contributed by atoms with E-state index in [2.05, 4.69) is 10.3 Å². The number of para-hydroxylation sites is 1. The minimum absolute atomic E-state index is 0.167. The number of fused-ring (bicyclic) bond motifs is 2. The third-order valence-electron chi connectivity index (χ3n) is 4.89. The molecule has 0 spiro atoms. The van der Waals surface area contributed by atoms with Gasteiger partial charge in [-0.05, 0) is 32.9 Å². The molecular weight excluding hydrogens is 388 g/mol. The molecule has 1 aromatic carbocycles. The van der Waals surface area contributed by atoms with Crippen LogP contribution >= 0.6 is 0 Å². The van der Waals surface area contributed by atoms with E-state index in [0.717, 1.165) is 0 Å². The number of nitrogens with one attached hydrogen (secondary N) is 1. The van der Waals surface area contributed by atoms with Gasteiger partial charge in [0.25, 0.3) is 0 Å². The maximum Gasteiger partial charge on any atom is 0.511 e. The van der Waals surface area contributed by atoms with Crippen LogP contribution in [-0.2, 0) is 4.74 Å². The zero-order valence-corrected chi connectivity index (χ0v) is 16.7. The molecule has 30 heavy (non-hydrogen) atoms. The SMILES string of the molecule is CCOc1nccc2c1C(c1cccc3c(=O)cc(C)oc13)C(OC(=O)O)=C(C)N2. The van der Waals surface area contributed by atoms with Crippen LogP contribution in [-0.4, -0.2) is 22.9 Å². The van der Waals surface area contributed by atoms with Crippen LogP contribution in [0.2, 0.25) is 0 Å². The Balaban J connectivity index is 2.07. The summed E-state index contributed by atoms with van der Waals surface area (Å²) >= 11 is 0. The van der Waals surface area contributed by atoms with Crippen molar-refractivity contribution in [1.29, 1.82) is 0 Å². The molecule has 0 fully saturated rings. The summed E-state index contributed by atoms with van der Waals surface area (Å²) in [6.45, 7) is 5.62. The van der Waals surface area contributed by atoms with Crippen LogP contribution in [0.4, 0.5) is 10.5 Å². The van der Waals surface area contributed by atoms with Crippen LogP contribution < -0.4 is 15.5 Å². The van der Waals surface area contributed by atoms with Gasteiger partial charge in [-0.15, -0.1) is 0 Å². The van der Waals surface area contributed by atoms with Gasteiger partial charge in [0, 0.05) is 23.5 Å². The Labute approximate surface area is 171 Å². The molecule has 0 bridgehead atoms. The number of nitrogens with zero attached hydrogens (tertiary/aromatic N) is 1. The van der Waals surface area contributed by atoms with Gasteiger partial charge in [0.05, 0.1) is 29.2 Å². The van der Waals surface area contributed by atoms with Crippen LogP contribution in [0, 0.1) is 6.92 Å². The van der Waals surface area contributed by atoms with Crippen molar-refractivity contribution in [3.05, 3.63) is 75.1 Å². The average Bonchev–Trinajstić information content (AvgIpc) is 2.68. The van der Waals surface area contributed by atoms with E-state index < -0.39 is 12.1 Å². The molecule has 1 unspecified atom stereocenters. The summed E-state index contributed by atoms with van der Waals surface area (Å²) in [5, 5.41) is 12.9. The minimum atomic E-state index is -1.45. The quantitative estimate of drug-likeness (QED) is 0.612. The molecule has 1 aliphatic rings. The summed E-state index contributed by atoms with van der Waals surface area (Å²) in [5.74, 6) is 0.257. The zero-order chi connectivity index (χ0) is 21.4. The van der Waals surface area contributed by atoms with Gasteiger partial charge in [-0.1, -0.05) is 12.1 Å². The fourth-order valence-electron chi connectivity index (χ4n) is 3.77. The molecule has 4 rings (SSSR count). The molecule has 1 atom stereocenters. The van der Waals surface area contributed by atoms with Gasteiger partial charge in [0.1, 0.15) is 17.1 Å². The van der Waals surface area contributed by atoms with E-state index in [1.165, 1.54) is 6.07 Å². The third kappa shape index (κ3) is 3.26. The third-order valence-corrected chi connectivity index (χ3v) is 4.89. The Bertz CT molecular complexity index is 1240. The van der Waals surface area contributed by atoms with Crippen LogP contribution in [0.15, 0.2) is 57.2 Å². The highest BCUT2D eigenvalue weighted by Crippen LogP contribution is 2.47. The minimum Gasteiger partial charge on any atom is -0.478 e. The number of pyridine rings is 1. The lowest BCUT2D eigenvalue weighted by molar-refractivity contribution is 0.114. The number of hydrogen-bond acceptors (Lipinski definition) is 7. The van der Waals surface area contributed by atoms with Gasteiger partial charge in [0.15, 0.2) is 5.43 Å². The first-order valence-electron chi connectivity index (χ1n) is 9.44. The monoisotopic (exact) mass is 408 g/mol. The molecule has 8 heteroatoms. The number of hydrogen-bond donors (Lipinski definition) is 2. The Kier molecular flexibility index (Phi) is 4.91. The Morgan fingerprint density at radius 2 is 2.10 bits per heavy atom. The first kappa shape index (κ1) is 19.5. The molecule has 0 aliphatic carbocycles. The van der Waals surface area contributed by atoms with E-state index in [0.29, 0.717) is 51.7 Å². The standard InChI is InChI=1S/C22H20N2O6/c1-4-28-21-18-15(8-9-23-21)24-12(3)19(30-22(26)27)17(18)14-7-5-6-13-16(25)10-11(2)29-20(13)14/h5-10,17,24H,4H2,1-3H3,(H,26,27). The lowest BCUT2D eigenvalue weighted by atomic mass is 9.85. The van der Waals surface area contributed by atoms with E-state index in [1.54, 1.807) is 44.3 Å². The lowest BCUT2D eigenvalue weighted by Gasteiger charge is -2.30. The predicted octanol–water partition coefficient (Wildman–Crippen LogP) is 4.38. The van der Waals surface area contributed by atoms with Crippen molar-refractivity contribution in [3.8, 4) is 5.88 Å². The van der Waals surface area contributed by atoms with Crippen molar-refractivity contribution >= 4 is 22.8 Å². The molecule has 0 amide bonds. The van der Waals surface area contributed by atoms with Gasteiger partial charge in [-0.3, -0.25) is 4.79 Å². The van der Waals surface area contributed by atoms with E-state index in [1.807, 2.05) is 6.92 Å². The molecule has 2 N–H and O–H groups in total. The smallest absolute Gasteiger partial charge is 0.478 e. The van der Waals surface area contributed by atoms with E-state index in [-0.39, 0.29) is 11.2 Å². The second kappa shape index (κ2) is 7.55. The van der Waals surface area contributed by atoms with Crippen molar-refractivity contribution in [2.24, 2.45) is 0 Å². The number of carbonyl (C=O) groups is 1. The van der Waals surface area contributed by atoms with Crippen LogP contribution in [0.5, 0.6) is 5.88 Å².